The van der Waals surface area contributed by atoms with Crippen molar-refractivity contribution in [1.29, 1.82) is 5.26 Å². The van der Waals surface area contributed by atoms with Gasteiger partial charge in [-0.1, -0.05) is 38.1 Å². The number of benzene rings is 2. The van der Waals surface area contributed by atoms with Crippen molar-refractivity contribution in [3.63, 3.8) is 0 Å². The van der Waals surface area contributed by atoms with E-state index in [-0.39, 0.29) is 6.10 Å². The normalized spacial score (nSPS) is 12.4. The van der Waals surface area contributed by atoms with E-state index in [0.717, 1.165) is 16.5 Å². The fourth-order valence-corrected chi connectivity index (χ4v) is 1.81. The molecule has 0 aromatic heterocycles. The predicted octanol–water partition coefficient (Wildman–Crippen LogP) is 4.13. The van der Waals surface area contributed by atoms with Gasteiger partial charge in [-0.05, 0) is 25.0 Å². The molecule has 0 saturated heterocycles. The molecule has 2 heteroatoms. The third-order valence-electron chi connectivity index (χ3n) is 3.26. The van der Waals surface area contributed by atoms with Gasteiger partial charge in [-0.2, -0.15) is 5.26 Å². The second kappa shape index (κ2) is 5.10. The van der Waals surface area contributed by atoms with Crippen molar-refractivity contribution in [2.24, 2.45) is 5.92 Å². The highest BCUT2D eigenvalue weighted by molar-refractivity contribution is 5.92. The van der Waals surface area contributed by atoms with Crippen molar-refractivity contribution in [3.05, 3.63) is 42.0 Å². The summed E-state index contributed by atoms with van der Waals surface area (Å²) < 4.78 is 5.98. The second-order valence-electron chi connectivity index (χ2n) is 4.84. The van der Waals surface area contributed by atoms with E-state index in [1.54, 1.807) is 0 Å². The molecule has 0 bridgehead atoms. The summed E-state index contributed by atoms with van der Waals surface area (Å²) in [5.74, 6) is 1.31. The Morgan fingerprint density at radius 2 is 1.67 bits per heavy atom. The topological polar surface area (TPSA) is 33.0 Å². The number of ether oxygens (including phenoxy) is 1. The fraction of sp³-hybridized carbons (Fsp3) is 0.312. The van der Waals surface area contributed by atoms with Crippen LogP contribution in [0.25, 0.3) is 10.8 Å². The van der Waals surface area contributed by atoms with E-state index in [1.807, 2.05) is 36.4 Å². The number of fused-ring (bicyclic) bond motifs is 1. The molecule has 0 N–H and O–H groups in total. The van der Waals surface area contributed by atoms with Gasteiger partial charge in [0.05, 0.1) is 17.7 Å². The molecule has 1 unspecified atom stereocenters. The van der Waals surface area contributed by atoms with Crippen LogP contribution in [0.3, 0.4) is 0 Å². The summed E-state index contributed by atoms with van der Waals surface area (Å²) in [6, 6.07) is 13.8. The van der Waals surface area contributed by atoms with Gasteiger partial charge in [0.15, 0.2) is 0 Å². The Morgan fingerprint density at radius 1 is 1.00 bits per heavy atom. The second-order valence-corrected chi connectivity index (χ2v) is 4.84. The van der Waals surface area contributed by atoms with Gasteiger partial charge in [-0.15, -0.1) is 0 Å². The van der Waals surface area contributed by atoms with Gasteiger partial charge in [-0.3, -0.25) is 0 Å². The Labute approximate surface area is 108 Å². The lowest BCUT2D eigenvalue weighted by atomic mass is 10.0. The zero-order valence-electron chi connectivity index (χ0n) is 11.0. The minimum Gasteiger partial charge on any atom is -0.490 e. The van der Waals surface area contributed by atoms with E-state index >= 15 is 0 Å². The molecule has 0 aliphatic carbocycles. The smallest absolute Gasteiger partial charge is 0.127 e. The van der Waals surface area contributed by atoms with Crippen molar-refractivity contribution in [3.8, 4) is 11.8 Å². The van der Waals surface area contributed by atoms with Crippen molar-refractivity contribution in [2.45, 2.75) is 26.9 Å². The zero-order chi connectivity index (χ0) is 13.1. The third-order valence-corrected chi connectivity index (χ3v) is 3.26. The summed E-state index contributed by atoms with van der Waals surface area (Å²) in [5, 5.41) is 11.1. The third kappa shape index (κ3) is 2.31. The molecule has 18 heavy (non-hydrogen) atoms. The molecule has 0 spiro atoms. The van der Waals surface area contributed by atoms with E-state index in [0.29, 0.717) is 11.5 Å². The van der Waals surface area contributed by atoms with Crippen LogP contribution >= 0.6 is 0 Å². The maximum absolute atomic E-state index is 9.11. The Kier molecular flexibility index (Phi) is 3.53. The first-order chi connectivity index (χ1) is 8.63. The summed E-state index contributed by atoms with van der Waals surface area (Å²) in [4.78, 5) is 0. The van der Waals surface area contributed by atoms with Crippen LogP contribution in [0, 0.1) is 17.2 Å². The molecule has 0 fully saturated rings. The Hall–Kier alpha value is -2.01. The average Bonchev–Trinajstić information content (AvgIpc) is 2.39. The number of hydrogen-bond acceptors (Lipinski definition) is 2. The van der Waals surface area contributed by atoms with Crippen LogP contribution in [0.1, 0.15) is 26.3 Å². The van der Waals surface area contributed by atoms with Crippen molar-refractivity contribution in [2.75, 3.05) is 0 Å². The van der Waals surface area contributed by atoms with Gasteiger partial charge in [-0.25, -0.2) is 0 Å². The predicted molar refractivity (Wildman–Crippen MR) is 73.6 cm³/mol. The molecule has 2 aromatic carbocycles. The fourth-order valence-electron chi connectivity index (χ4n) is 1.81. The van der Waals surface area contributed by atoms with E-state index in [2.05, 4.69) is 26.8 Å². The van der Waals surface area contributed by atoms with Crippen molar-refractivity contribution < 1.29 is 4.74 Å². The van der Waals surface area contributed by atoms with Crippen LogP contribution in [0.15, 0.2) is 36.4 Å². The SMILES string of the molecule is CC(C)C(C)Oc1ccc(C#N)c2ccccc12. The summed E-state index contributed by atoms with van der Waals surface area (Å²) in [7, 11) is 0. The van der Waals surface area contributed by atoms with E-state index in [4.69, 9.17) is 10.00 Å². The molecule has 1 atom stereocenters. The highest BCUT2D eigenvalue weighted by atomic mass is 16.5. The van der Waals surface area contributed by atoms with Gasteiger partial charge in [0.25, 0.3) is 0 Å². The number of hydrogen-bond donors (Lipinski definition) is 0. The van der Waals surface area contributed by atoms with Crippen LogP contribution in [0.4, 0.5) is 0 Å². The van der Waals surface area contributed by atoms with Crippen LogP contribution < -0.4 is 4.74 Å². The van der Waals surface area contributed by atoms with Gasteiger partial charge >= 0.3 is 0 Å². The summed E-state index contributed by atoms with van der Waals surface area (Å²) >= 11 is 0. The molecule has 2 aromatic rings. The lowest BCUT2D eigenvalue weighted by Crippen LogP contribution is -2.18. The first kappa shape index (κ1) is 12.4. The molecule has 0 radical (unpaired) electrons. The molecule has 0 saturated carbocycles. The summed E-state index contributed by atoms with van der Waals surface area (Å²) in [6.45, 7) is 6.34. The molecule has 0 heterocycles. The number of nitriles is 1. The maximum Gasteiger partial charge on any atom is 0.127 e. The van der Waals surface area contributed by atoms with E-state index in [9.17, 15) is 0 Å². The lowest BCUT2D eigenvalue weighted by Gasteiger charge is -2.19. The molecule has 0 amide bonds. The number of rotatable bonds is 3. The molecular formula is C16H17NO. The highest BCUT2D eigenvalue weighted by Crippen LogP contribution is 2.29. The van der Waals surface area contributed by atoms with E-state index < -0.39 is 0 Å². The molecule has 92 valence electrons. The Bertz CT molecular complexity index is 596. The monoisotopic (exact) mass is 239 g/mol. The first-order valence-corrected chi connectivity index (χ1v) is 6.22. The maximum atomic E-state index is 9.11. The lowest BCUT2D eigenvalue weighted by molar-refractivity contribution is 0.173. The van der Waals surface area contributed by atoms with Crippen LogP contribution in [-0.4, -0.2) is 6.10 Å². The Morgan fingerprint density at radius 3 is 2.28 bits per heavy atom. The van der Waals surface area contributed by atoms with Crippen LogP contribution in [0.5, 0.6) is 5.75 Å². The summed E-state index contributed by atoms with van der Waals surface area (Å²) in [5.41, 5.74) is 0.690. The molecule has 0 aliphatic rings. The first-order valence-electron chi connectivity index (χ1n) is 6.22. The quantitative estimate of drug-likeness (QED) is 0.806. The largest absolute Gasteiger partial charge is 0.490 e. The van der Waals surface area contributed by atoms with Crippen molar-refractivity contribution >= 4 is 10.8 Å². The molecule has 2 nitrogen and oxygen atoms in total. The van der Waals surface area contributed by atoms with Gasteiger partial charge in [0.2, 0.25) is 0 Å². The Balaban J connectivity index is 2.50. The molecule has 0 aliphatic heterocycles. The minimum absolute atomic E-state index is 0.154. The van der Waals surface area contributed by atoms with Crippen LogP contribution in [-0.2, 0) is 0 Å². The highest BCUT2D eigenvalue weighted by Gasteiger charge is 2.12. The standard InChI is InChI=1S/C16H17NO/c1-11(2)12(3)18-16-9-8-13(10-17)14-6-4-5-7-15(14)16/h4-9,11-12H,1-3H3. The summed E-state index contributed by atoms with van der Waals surface area (Å²) in [6.07, 6.45) is 0.154. The van der Waals surface area contributed by atoms with Crippen LogP contribution in [0.2, 0.25) is 0 Å². The number of nitrogens with zero attached hydrogens (tertiary/aromatic N) is 1. The molecular weight excluding hydrogens is 222 g/mol. The van der Waals surface area contributed by atoms with Gasteiger partial charge in [0.1, 0.15) is 5.75 Å². The minimum atomic E-state index is 0.154. The molecule has 2 rings (SSSR count). The van der Waals surface area contributed by atoms with Gasteiger partial charge < -0.3 is 4.74 Å². The van der Waals surface area contributed by atoms with E-state index in [1.165, 1.54) is 0 Å². The van der Waals surface area contributed by atoms with Gasteiger partial charge in [0, 0.05) is 10.8 Å². The zero-order valence-corrected chi connectivity index (χ0v) is 11.0. The average molecular weight is 239 g/mol. The van der Waals surface area contributed by atoms with Crippen molar-refractivity contribution in [1.82, 2.24) is 0 Å².